The first-order valence-electron chi connectivity index (χ1n) is 21.6. The molecule has 4 aliphatic rings. The summed E-state index contributed by atoms with van der Waals surface area (Å²) in [5.74, 6) is -3.19. The maximum absolute atomic E-state index is 13.6. The van der Waals surface area contributed by atoms with Crippen molar-refractivity contribution >= 4 is 30.7 Å². The fourth-order valence-electron chi connectivity index (χ4n) is 8.67. The third kappa shape index (κ3) is 11.7. The molecule has 3 aliphatic carbocycles. The Kier molecular flexibility index (Phi) is 16.8. The lowest BCUT2D eigenvalue weighted by molar-refractivity contribution is -0.169. The molecule has 4 fully saturated rings. The molecule has 4 amide bonds. The molecule has 1 heterocycles. The number of amides is 4. The number of hydrogen-bond donors (Lipinski definition) is 12. The van der Waals surface area contributed by atoms with Crippen molar-refractivity contribution in [2.24, 2.45) is 46.2 Å². The predicted molar refractivity (Wildman–Crippen MR) is 233 cm³/mol. The van der Waals surface area contributed by atoms with Crippen LogP contribution in [-0.4, -0.2) is 109 Å². The van der Waals surface area contributed by atoms with Gasteiger partial charge in [-0.25, -0.2) is 0 Å². The smallest absolute Gasteiger partial charge is 0.404 e. The van der Waals surface area contributed by atoms with Gasteiger partial charge in [0.2, 0.25) is 23.6 Å². The van der Waals surface area contributed by atoms with Crippen molar-refractivity contribution < 1.29 is 33.6 Å². The molecule has 6 rings (SSSR count). The fraction of sp³-hybridized carbons (Fsp3) is 0.619. The van der Waals surface area contributed by atoms with Crippen LogP contribution in [0.15, 0.2) is 48.5 Å². The van der Waals surface area contributed by atoms with Crippen molar-refractivity contribution in [3.8, 4) is 11.1 Å². The Morgan fingerprint density at radius 1 is 0.770 bits per heavy atom. The van der Waals surface area contributed by atoms with E-state index in [4.69, 9.17) is 43.7 Å². The Balaban J connectivity index is 1.13. The molecular formula is C42H68BN11O7. The van der Waals surface area contributed by atoms with Gasteiger partial charge in [0.15, 0.2) is 0 Å². The Morgan fingerprint density at radius 3 is 1.98 bits per heavy atom. The second-order valence-corrected chi connectivity index (χ2v) is 17.2. The number of hydrogen-bond acceptors (Lipinski definition) is 14. The summed E-state index contributed by atoms with van der Waals surface area (Å²) in [4.78, 5) is 53.9. The van der Waals surface area contributed by atoms with E-state index in [2.05, 4.69) is 50.8 Å². The zero-order valence-electron chi connectivity index (χ0n) is 35.7. The first kappa shape index (κ1) is 48.0. The van der Waals surface area contributed by atoms with Crippen LogP contribution in [0.25, 0.3) is 11.1 Å². The van der Waals surface area contributed by atoms with Crippen LogP contribution in [0.3, 0.4) is 0 Å². The maximum atomic E-state index is 13.6. The van der Waals surface area contributed by atoms with Crippen molar-refractivity contribution in [2.45, 2.75) is 132 Å². The number of aliphatic hydroxyl groups is 1. The van der Waals surface area contributed by atoms with E-state index in [0.29, 0.717) is 38.9 Å². The molecule has 2 aromatic carbocycles. The second-order valence-electron chi connectivity index (χ2n) is 17.2. The molecule has 0 radical (unpaired) electrons. The van der Waals surface area contributed by atoms with Crippen LogP contribution in [-0.2, 0) is 41.5 Å². The zero-order valence-corrected chi connectivity index (χ0v) is 35.7. The SMILES string of the molecule is CC(NC(=O)C(CCCCN)NC(=O)C(C)NC(=O)C(NC(=O)C(CCN)NCc1ccc(-c2ccc(CCCN)cc2)cc1)C(N)O)B1OC2CC3CC(C3(N)N)C2(C)O1. The molecule has 0 spiro atoms. The third-order valence-electron chi connectivity index (χ3n) is 12.6. The van der Waals surface area contributed by atoms with E-state index in [1.54, 1.807) is 6.92 Å². The summed E-state index contributed by atoms with van der Waals surface area (Å²) in [7, 11) is -0.755. The molecule has 18 nitrogen and oxygen atoms in total. The van der Waals surface area contributed by atoms with E-state index in [1.807, 2.05) is 31.2 Å². The second kappa shape index (κ2) is 21.4. The number of rotatable bonds is 23. The minimum atomic E-state index is -1.81. The molecule has 18 N–H and O–H groups in total. The quantitative estimate of drug-likeness (QED) is 0.0337. The minimum absolute atomic E-state index is 0.0786. The zero-order chi connectivity index (χ0) is 44.5. The van der Waals surface area contributed by atoms with E-state index >= 15 is 0 Å². The van der Waals surface area contributed by atoms with E-state index in [9.17, 15) is 24.3 Å². The molecule has 0 aromatic heterocycles. The van der Waals surface area contributed by atoms with Crippen molar-refractivity contribution in [1.82, 2.24) is 26.6 Å². The molecule has 10 atom stereocenters. The highest BCUT2D eigenvalue weighted by atomic mass is 16.7. The van der Waals surface area contributed by atoms with Crippen molar-refractivity contribution in [1.29, 1.82) is 0 Å². The molecule has 1 saturated heterocycles. The number of carbonyl (C=O) groups excluding carboxylic acids is 4. The molecule has 336 valence electrons. The first-order chi connectivity index (χ1) is 29.0. The summed E-state index contributed by atoms with van der Waals surface area (Å²) in [6.07, 6.45) is 3.03. The van der Waals surface area contributed by atoms with Crippen molar-refractivity contribution in [3.05, 3.63) is 59.7 Å². The molecule has 61 heavy (non-hydrogen) atoms. The van der Waals surface area contributed by atoms with Crippen LogP contribution >= 0.6 is 0 Å². The number of nitrogens with two attached hydrogens (primary N) is 6. The number of carbonyl (C=O) groups is 4. The van der Waals surface area contributed by atoms with Gasteiger partial charge >= 0.3 is 7.12 Å². The minimum Gasteiger partial charge on any atom is -0.404 e. The van der Waals surface area contributed by atoms with Gasteiger partial charge < -0.3 is 75.4 Å². The summed E-state index contributed by atoms with van der Waals surface area (Å²) < 4.78 is 12.6. The summed E-state index contributed by atoms with van der Waals surface area (Å²) in [5, 5.41) is 24.2. The lowest BCUT2D eigenvalue weighted by atomic mass is 9.50. The highest BCUT2D eigenvalue weighted by Gasteiger charge is 2.69. The number of aryl methyl sites for hydroxylation is 1. The average Bonchev–Trinajstić information content (AvgIpc) is 3.61. The molecular weight excluding hydrogens is 781 g/mol. The average molecular weight is 850 g/mol. The van der Waals surface area contributed by atoms with Crippen molar-refractivity contribution in [3.63, 3.8) is 0 Å². The van der Waals surface area contributed by atoms with E-state index in [-0.39, 0.29) is 37.3 Å². The fourth-order valence-corrected chi connectivity index (χ4v) is 8.67. The predicted octanol–water partition coefficient (Wildman–Crippen LogP) is -1.71. The highest BCUT2D eigenvalue weighted by Crippen LogP contribution is 2.58. The van der Waals surface area contributed by atoms with Crippen LogP contribution < -0.4 is 61.0 Å². The summed E-state index contributed by atoms with van der Waals surface area (Å²) in [6.45, 7) is 6.66. The molecule has 3 saturated carbocycles. The van der Waals surface area contributed by atoms with Gasteiger partial charge in [0.05, 0.1) is 29.4 Å². The summed E-state index contributed by atoms with van der Waals surface area (Å²) in [6, 6.07) is 11.7. The Morgan fingerprint density at radius 2 is 1.39 bits per heavy atom. The van der Waals surface area contributed by atoms with Gasteiger partial charge in [0.1, 0.15) is 24.4 Å². The first-order valence-corrected chi connectivity index (χ1v) is 21.6. The number of unbranched alkanes of at least 4 members (excludes halogenated alkanes) is 1. The van der Waals surface area contributed by atoms with E-state index in [1.165, 1.54) is 12.5 Å². The molecule has 19 heteroatoms. The van der Waals surface area contributed by atoms with Gasteiger partial charge in [-0.05, 0) is 120 Å². The summed E-state index contributed by atoms with van der Waals surface area (Å²) >= 11 is 0. The number of benzene rings is 2. The van der Waals surface area contributed by atoms with Crippen LogP contribution in [0, 0.1) is 11.8 Å². The largest absolute Gasteiger partial charge is 0.481 e. The monoisotopic (exact) mass is 850 g/mol. The lowest BCUT2D eigenvalue weighted by Crippen LogP contribution is -2.79. The molecule has 10 unspecified atom stereocenters. The third-order valence-corrected chi connectivity index (χ3v) is 12.6. The number of aliphatic hydroxyl groups excluding tert-OH is 1. The molecule has 2 bridgehead atoms. The van der Waals surface area contributed by atoms with E-state index in [0.717, 1.165) is 36.0 Å². The van der Waals surface area contributed by atoms with Gasteiger partial charge in [0.25, 0.3) is 0 Å². The molecule has 1 aliphatic heterocycles. The summed E-state index contributed by atoms with van der Waals surface area (Å²) in [5.41, 5.74) is 38.5. The van der Waals surface area contributed by atoms with Crippen LogP contribution in [0.2, 0.25) is 0 Å². The van der Waals surface area contributed by atoms with Gasteiger partial charge in [-0.1, -0.05) is 48.5 Å². The van der Waals surface area contributed by atoms with Crippen LogP contribution in [0.1, 0.15) is 76.8 Å². The highest BCUT2D eigenvalue weighted by molar-refractivity contribution is 6.47. The number of nitrogens with one attached hydrogen (secondary N) is 5. The topological polar surface area (TPSA) is 323 Å². The van der Waals surface area contributed by atoms with Crippen LogP contribution in [0.5, 0.6) is 0 Å². The Hall–Kier alpha value is -4.02. The van der Waals surface area contributed by atoms with Gasteiger partial charge in [0, 0.05) is 12.5 Å². The Labute approximate surface area is 359 Å². The Bertz CT molecular complexity index is 1790. The standard InChI is InChI=1S/C42H68BN11O7/c1-24(37(56)53-32(8-4-5-18-44)39(58)52-25(2)43-60-34-22-30-21-33(42(30,48)49)41(34,3)61-43)51-40(59)35(36(47)55)54-38(57)31(17-20-46)50-23-27-11-15-29(16-12-27)28-13-9-26(10-14-28)7-6-19-45/h9-16,24-25,30-36,50,55H,4-8,17-23,44-49H2,1-3H3,(H,51,59)(H,52,58)(H,53,56)(H,54,57). The lowest BCUT2D eigenvalue weighted by Gasteiger charge is -2.63. The molecule has 2 aromatic rings. The van der Waals surface area contributed by atoms with Gasteiger partial charge in [-0.3, -0.25) is 19.2 Å². The van der Waals surface area contributed by atoms with Gasteiger partial charge in [-0.2, -0.15) is 0 Å². The van der Waals surface area contributed by atoms with Crippen LogP contribution in [0.4, 0.5) is 0 Å². The maximum Gasteiger partial charge on any atom is 0.481 e. The van der Waals surface area contributed by atoms with E-state index < -0.39 is 78.3 Å². The normalized spacial score (nSPS) is 24.2. The van der Waals surface area contributed by atoms with Gasteiger partial charge in [-0.15, -0.1) is 0 Å². The van der Waals surface area contributed by atoms with Crippen molar-refractivity contribution in [2.75, 3.05) is 19.6 Å².